The number of fused-ring (bicyclic) bond motifs is 1. The van der Waals surface area contributed by atoms with Gasteiger partial charge in [0, 0.05) is 17.5 Å². The van der Waals surface area contributed by atoms with Crippen molar-refractivity contribution >= 4 is 39.2 Å². The molecule has 2 N–H and O–H groups in total. The van der Waals surface area contributed by atoms with E-state index in [1.54, 1.807) is 21.1 Å². The average molecular weight is 510 g/mol. The monoisotopic (exact) mass is 509 g/mol. The minimum Gasteiger partial charge on any atom is -0.493 e. The van der Waals surface area contributed by atoms with Gasteiger partial charge in [0.2, 0.25) is 5.91 Å². The van der Waals surface area contributed by atoms with E-state index < -0.39 is 5.25 Å². The Morgan fingerprint density at radius 1 is 1.14 bits per heavy atom. The van der Waals surface area contributed by atoms with E-state index in [4.69, 9.17) is 9.47 Å². The lowest BCUT2D eigenvalue weighted by Crippen LogP contribution is -2.32. The number of hydrogen-bond donors (Lipinski definition) is 2. The number of carbonyl (C=O) groups is 1. The summed E-state index contributed by atoms with van der Waals surface area (Å²) in [6.07, 6.45) is 0.654. The number of thioether (sulfide) groups is 1. The highest BCUT2D eigenvalue weighted by Crippen LogP contribution is 2.32. The Bertz CT molecular complexity index is 1400. The first-order chi connectivity index (χ1) is 16.9. The molecule has 0 fully saturated rings. The number of aromatic nitrogens is 2. The maximum atomic E-state index is 12.9. The van der Waals surface area contributed by atoms with Gasteiger partial charge in [0.1, 0.15) is 4.83 Å². The molecule has 0 aliphatic heterocycles. The highest BCUT2D eigenvalue weighted by molar-refractivity contribution is 8.00. The van der Waals surface area contributed by atoms with Gasteiger partial charge in [0.25, 0.3) is 5.56 Å². The number of benzene rings is 2. The number of ether oxygens (including phenoxy) is 2. The molecule has 0 aliphatic rings. The molecule has 35 heavy (non-hydrogen) atoms. The molecule has 1 amide bonds. The third-order valence-electron chi connectivity index (χ3n) is 5.60. The largest absolute Gasteiger partial charge is 0.493 e. The van der Waals surface area contributed by atoms with E-state index in [1.165, 1.54) is 23.1 Å². The van der Waals surface area contributed by atoms with Crippen LogP contribution in [0, 0.1) is 6.92 Å². The number of rotatable bonds is 9. The van der Waals surface area contributed by atoms with Crippen molar-refractivity contribution in [2.24, 2.45) is 0 Å². The third kappa shape index (κ3) is 5.68. The minimum atomic E-state index is -0.419. The van der Waals surface area contributed by atoms with E-state index in [0.717, 1.165) is 22.3 Å². The highest BCUT2D eigenvalue weighted by atomic mass is 32.2. The lowest BCUT2D eigenvalue weighted by Gasteiger charge is -2.12. The standard InChI is InChI=1S/C26H27N3O4S2/c1-15-5-8-18(9-6-15)19-14-34-25-22(19)24(31)28-26(29-25)35-16(2)23(30)27-12-11-17-7-10-20(32-3)21(13-17)33-4/h5-10,13-14,16H,11-12H2,1-4H3,(H,27,30)(H,28,29,31). The average Bonchev–Trinajstić information content (AvgIpc) is 3.28. The molecule has 2 aromatic heterocycles. The van der Waals surface area contributed by atoms with Gasteiger partial charge in [-0.1, -0.05) is 47.7 Å². The second kappa shape index (κ2) is 11.0. The number of nitrogens with one attached hydrogen (secondary N) is 2. The molecule has 0 saturated carbocycles. The van der Waals surface area contributed by atoms with E-state index in [2.05, 4.69) is 15.3 Å². The third-order valence-corrected chi connectivity index (χ3v) is 7.46. The molecule has 2 aromatic carbocycles. The van der Waals surface area contributed by atoms with Crippen LogP contribution in [0.5, 0.6) is 11.5 Å². The van der Waals surface area contributed by atoms with Crippen molar-refractivity contribution in [2.75, 3.05) is 20.8 Å². The molecule has 0 saturated heterocycles. The number of hydrogen-bond acceptors (Lipinski definition) is 7. The normalized spacial score (nSPS) is 11.9. The summed E-state index contributed by atoms with van der Waals surface area (Å²) in [6.45, 7) is 4.31. The number of amides is 1. The fraction of sp³-hybridized carbons (Fsp3) is 0.269. The van der Waals surface area contributed by atoms with Crippen molar-refractivity contribution < 1.29 is 14.3 Å². The number of aromatic amines is 1. The molecular formula is C26H27N3O4S2. The highest BCUT2D eigenvalue weighted by Gasteiger charge is 2.18. The molecule has 0 aliphatic carbocycles. The van der Waals surface area contributed by atoms with Crippen LogP contribution in [0.1, 0.15) is 18.1 Å². The summed E-state index contributed by atoms with van der Waals surface area (Å²) >= 11 is 2.67. The molecule has 7 nitrogen and oxygen atoms in total. The maximum absolute atomic E-state index is 12.9. The lowest BCUT2D eigenvalue weighted by atomic mass is 10.1. The first-order valence-electron chi connectivity index (χ1n) is 11.1. The quantitative estimate of drug-likeness (QED) is 0.248. The van der Waals surface area contributed by atoms with Crippen molar-refractivity contribution in [1.82, 2.24) is 15.3 Å². The van der Waals surface area contributed by atoms with Crippen molar-refractivity contribution in [2.45, 2.75) is 30.7 Å². The predicted molar refractivity (Wildman–Crippen MR) is 142 cm³/mol. The van der Waals surface area contributed by atoms with Crippen LogP contribution in [0.2, 0.25) is 0 Å². The first-order valence-corrected chi connectivity index (χ1v) is 12.9. The van der Waals surface area contributed by atoms with E-state index in [1.807, 2.05) is 54.8 Å². The number of nitrogens with zero attached hydrogens (tertiary/aromatic N) is 1. The van der Waals surface area contributed by atoms with Crippen LogP contribution in [0.25, 0.3) is 21.3 Å². The summed E-state index contributed by atoms with van der Waals surface area (Å²) in [5.74, 6) is 1.20. The van der Waals surface area contributed by atoms with Crippen molar-refractivity contribution in [3.8, 4) is 22.6 Å². The van der Waals surface area contributed by atoms with Crippen LogP contribution in [0.4, 0.5) is 0 Å². The number of aryl methyl sites for hydroxylation is 1. The van der Waals surface area contributed by atoms with Gasteiger partial charge in [-0.15, -0.1) is 11.3 Å². The molecule has 0 radical (unpaired) electrons. The molecule has 0 bridgehead atoms. The summed E-state index contributed by atoms with van der Waals surface area (Å²) < 4.78 is 10.6. The van der Waals surface area contributed by atoms with Crippen molar-refractivity contribution in [3.05, 3.63) is 69.3 Å². The first kappa shape index (κ1) is 24.8. The zero-order chi connectivity index (χ0) is 24.9. The maximum Gasteiger partial charge on any atom is 0.260 e. The van der Waals surface area contributed by atoms with E-state index in [-0.39, 0.29) is 11.5 Å². The Labute approximate surface area is 211 Å². The molecule has 2 heterocycles. The Balaban J connectivity index is 1.39. The van der Waals surface area contributed by atoms with Crippen LogP contribution in [-0.2, 0) is 11.2 Å². The number of methoxy groups -OCH3 is 2. The van der Waals surface area contributed by atoms with Crippen LogP contribution < -0.4 is 20.3 Å². The Morgan fingerprint density at radius 3 is 2.60 bits per heavy atom. The number of carbonyl (C=O) groups excluding carboxylic acids is 1. The Kier molecular flexibility index (Phi) is 7.77. The van der Waals surface area contributed by atoms with Crippen LogP contribution in [-0.4, -0.2) is 41.9 Å². The Hall–Kier alpha value is -3.30. The molecule has 9 heteroatoms. The van der Waals surface area contributed by atoms with Gasteiger partial charge in [-0.2, -0.15) is 0 Å². The summed E-state index contributed by atoms with van der Waals surface area (Å²) in [7, 11) is 3.19. The second-order valence-corrected chi connectivity index (χ2v) is 10.2. The SMILES string of the molecule is COc1ccc(CCNC(=O)C(C)Sc2nc3scc(-c4ccc(C)cc4)c3c(=O)[nH]2)cc1OC. The van der Waals surface area contributed by atoms with Gasteiger partial charge in [-0.25, -0.2) is 4.98 Å². The molecule has 1 unspecified atom stereocenters. The molecule has 0 spiro atoms. The minimum absolute atomic E-state index is 0.121. The zero-order valence-corrected chi connectivity index (χ0v) is 21.6. The van der Waals surface area contributed by atoms with Gasteiger partial charge >= 0.3 is 0 Å². The van der Waals surface area contributed by atoms with Gasteiger partial charge in [0.05, 0.1) is 24.9 Å². The fourth-order valence-corrected chi connectivity index (χ4v) is 5.49. The van der Waals surface area contributed by atoms with Crippen molar-refractivity contribution in [3.63, 3.8) is 0 Å². The smallest absolute Gasteiger partial charge is 0.260 e. The van der Waals surface area contributed by atoms with E-state index in [0.29, 0.717) is 39.8 Å². The number of H-pyrrole nitrogens is 1. The molecular weight excluding hydrogens is 482 g/mol. The predicted octanol–water partition coefficient (Wildman–Crippen LogP) is 4.82. The van der Waals surface area contributed by atoms with Crippen LogP contribution in [0.3, 0.4) is 0 Å². The van der Waals surface area contributed by atoms with Gasteiger partial charge in [0.15, 0.2) is 16.7 Å². The van der Waals surface area contributed by atoms with Gasteiger partial charge in [-0.05, 0) is 43.5 Å². The summed E-state index contributed by atoms with van der Waals surface area (Å²) in [5.41, 5.74) is 3.85. The fourth-order valence-electron chi connectivity index (χ4n) is 3.66. The van der Waals surface area contributed by atoms with Crippen molar-refractivity contribution in [1.29, 1.82) is 0 Å². The summed E-state index contributed by atoms with van der Waals surface area (Å²) in [5, 5.41) is 5.50. The topological polar surface area (TPSA) is 93.3 Å². The van der Waals surface area contributed by atoms with Gasteiger partial charge < -0.3 is 19.8 Å². The molecule has 182 valence electrons. The molecule has 4 aromatic rings. The Morgan fingerprint density at radius 2 is 1.89 bits per heavy atom. The zero-order valence-electron chi connectivity index (χ0n) is 20.0. The second-order valence-electron chi connectivity index (χ2n) is 8.06. The van der Waals surface area contributed by atoms with E-state index in [9.17, 15) is 9.59 Å². The van der Waals surface area contributed by atoms with Crippen LogP contribution in [0.15, 0.2) is 57.8 Å². The summed E-state index contributed by atoms with van der Waals surface area (Å²) in [4.78, 5) is 33.6. The van der Waals surface area contributed by atoms with E-state index >= 15 is 0 Å². The lowest BCUT2D eigenvalue weighted by molar-refractivity contribution is -0.120. The summed E-state index contributed by atoms with van der Waals surface area (Å²) in [6, 6.07) is 13.8. The van der Waals surface area contributed by atoms with Crippen LogP contribution >= 0.6 is 23.1 Å². The molecule has 1 atom stereocenters. The molecule has 4 rings (SSSR count). The van der Waals surface area contributed by atoms with Gasteiger partial charge in [-0.3, -0.25) is 9.59 Å². The number of thiophene rings is 1.